The van der Waals surface area contributed by atoms with E-state index in [1.54, 1.807) is 6.92 Å². The van der Waals surface area contributed by atoms with Gasteiger partial charge in [0.25, 0.3) is 0 Å². The first-order valence-electron chi connectivity index (χ1n) is 5.31. The van der Waals surface area contributed by atoms with Crippen LogP contribution in [0.15, 0.2) is 0 Å². The van der Waals surface area contributed by atoms with Gasteiger partial charge in [-0.05, 0) is 25.8 Å². The van der Waals surface area contributed by atoms with Gasteiger partial charge in [0, 0.05) is 6.54 Å². The zero-order valence-corrected chi connectivity index (χ0v) is 9.25. The van der Waals surface area contributed by atoms with Gasteiger partial charge in [0.15, 0.2) is 0 Å². The van der Waals surface area contributed by atoms with Crippen LogP contribution in [0.1, 0.15) is 20.3 Å². The smallest absolute Gasteiger partial charge is 0.239 e. The molecule has 1 saturated heterocycles. The maximum absolute atomic E-state index is 11.7. The molecule has 0 aliphatic carbocycles. The second-order valence-electron chi connectivity index (χ2n) is 4.33. The third-order valence-corrected chi connectivity index (χ3v) is 2.73. The van der Waals surface area contributed by atoms with Crippen LogP contribution in [-0.4, -0.2) is 30.9 Å². The number of piperidine rings is 1. The van der Waals surface area contributed by atoms with Crippen LogP contribution in [0.3, 0.4) is 0 Å². The molecular weight excluding hydrogens is 194 g/mol. The fourth-order valence-electron chi connectivity index (χ4n) is 1.76. The monoisotopic (exact) mass is 213 g/mol. The Bertz CT molecular complexity index is 255. The van der Waals surface area contributed by atoms with E-state index in [0.29, 0.717) is 12.5 Å². The van der Waals surface area contributed by atoms with Gasteiger partial charge in [-0.1, -0.05) is 6.92 Å². The Morgan fingerprint density at radius 1 is 1.47 bits per heavy atom. The van der Waals surface area contributed by atoms with Crippen molar-refractivity contribution in [3.63, 3.8) is 0 Å². The van der Waals surface area contributed by atoms with Crippen molar-refractivity contribution in [1.82, 2.24) is 10.6 Å². The molecule has 0 bridgehead atoms. The van der Waals surface area contributed by atoms with E-state index in [-0.39, 0.29) is 11.8 Å². The van der Waals surface area contributed by atoms with E-state index in [1.807, 2.05) is 0 Å². The summed E-state index contributed by atoms with van der Waals surface area (Å²) in [4.78, 5) is 22.5. The summed E-state index contributed by atoms with van der Waals surface area (Å²) in [5.74, 6) is -0.130. The van der Waals surface area contributed by atoms with E-state index >= 15 is 0 Å². The minimum absolute atomic E-state index is 0.0458. The number of hydrogen-bond donors (Lipinski definition) is 3. The van der Waals surface area contributed by atoms with E-state index in [4.69, 9.17) is 5.73 Å². The molecule has 1 aliphatic rings. The van der Waals surface area contributed by atoms with Crippen molar-refractivity contribution in [3.05, 3.63) is 0 Å². The lowest BCUT2D eigenvalue weighted by Gasteiger charge is -2.27. The highest BCUT2D eigenvalue weighted by Gasteiger charge is 2.26. The second kappa shape index (κ2) is 5.11. The summed E-state index contributed by atoms with van der Waals surface area (Å²) < 4.78 is 0. The third kappa shape index (κ3) is 3.51. The van der Waals surface area contributed by atoms with Gasteiger partial charge in [0.05, 0.1) is 5.92 Å². The average Bonchev–Trinajstić information content (AvgIpc) is 2.17. The van der Waals surface area contributed by atoms with Crippen molar-refractivity contribution in [3.8, 4) is 0 Å². The first-order chi connectivity index (χ1) is 7.00. The average molecular weight is 213 g/mol. The van der Waals surface area contributed by atoms with E-state index in [2.05, 4.69) is 17.6 Å². The molecular formula is C10H19N3O2. The highest BCUT2D eigenvalue weighted by atomic mass is 16.2. The molecule has 0 aromatic heterocycles. The number of rotatable bonds is 3. The maximum Gasteiger partial charge on any atom is 0.239 e. The van der Waals surface area contributed by atoms with Crippen molar-refractivity contribution < 1.29 is 9.59 Å². The van der Waals surface area contributed by atoms with Crippen LogP contribution in [0.2, 0.25) is 0 Å². The lowest BCUT2D eigenvalue weighted by molar-refractivity contribution is -0.130. The van der Waals surface area contributed by atoms with Gasteiger partial charge in [-0.25, -0.2) is 0 Å². The highest BCUT2D eigenvalue weighted by Crippen LogP contribution is 2.15. The lowest BCUT2D eigenvalue weighted by Crippen LogP contribution is -2.49. The van der Waals surface area contributed by atoms with E-state index in [9.17, 15) is 9.59 Å². The number of primary amides is 1. The van der Waals surface area contributed by atoms with Crippen molar-refractivity contribution in [1.29, 1.82) is 0 Å². The number of nitrogens with two attached hydrogens (primary N) is 1. The summed E-state index contributed by atoms with van der Waals surface area (Å²) in [7, 11) is 0. The van der Waals surface area contributed by atoms with E-state index in [1.165, 1.54) is 0 Å². The number of carbonyl (C=O) groups excluding carboxylic acids is 2. The van der Waals surface area contributed by atoms with Gasteiger partial charge in [-0.2, -0.15) is 0 Å². The molecule has 4 N–H and O–H groups in total. The summed E-state index contributed by atoms with van der Waals surface area (Å²) >= 11 is 0. The van der Waals surface area contributed by atoms with Crippen molar-refractivity contribution in [2.45, 2.75) is 26.3 Å². The molecule has 5 nitrogen and oxygen atoms in total. The van der Waals surface area contributed by atoms with Crippen molar-refractivity contribution in [2.75, 3.05) is 13.1 Å². The molecule has 15 heavy (non-hydrogen) atoms. The molecule has 0 aromatic rings. The van der Waals surface area contributed by atoms with Crippen LogP contribution in [0, 0.1) is 11.8 Å². The summed E-state index contributed by atoms with van der Waals surface area (Å²) in [5.41, 5.74) is 5.07. The predicted molar refractivity (Wildman–Crippen MR) is 56.9 cm³/mol. The van der Waals surface area contributed by atoms with Gasteiger partial charge in [-0.15, -0.1) is 0 Å². The van der Waals surface area contributed by atoms with Crippen LogP contribution >= 0.6 is 0 Å². The molecule has 0 spiro atoms. The van der Waals surface area contributed by atoms with Crippen molar-refractivity contribution >= 4 is 11.8 Å². The maximum atomic E-state index is 11.7. The van der Waals surface area contributed by atoms with Crippen LogP contribution in [0.4, 0.5) is 0 Å². The molecule has 5 heteroatoms. The Hall–Kier alpha value is -1.10. The highest BCUT2D eigenvalue weighted by molar-refractivity contribution is 5.87. The topological polar surface area (TPSA) is 84.2 Å². The summed E-state index contributed by atoms with van der Waals surface area (Å²) in [6.45, 7) is 5.33. The zero-order valence-electron chi connectivity index (χ0n) is 9.25. The third-order valence-electron chi connectivity index (χ3n) is 2.73. The van der Waals surface area contributed by atoms with Gasteiger partial charge in [0.2, 0.25) is 11.8 Å². The van der Waals surface area contributed by atoms with E-state index < -0.39 is 11.9 Å². The Morgan fingerprint density at radius 2 is 2.13 bits per heavy atom. The summed E-state index contributed by atoms with van der Waals surface area (Å²) in [6, 6.07) is -0.588. The van der Waals surface area contributed by atoms with Gasteiger partial charge in [0.1, 0.15) is 6.04 Å². The number of carbonyl (C=O) groups is 2. The Kier molecular flexibility index (Phi) is 4.08. The first kappa shape index (κ1) is 12.0. The fraction of sp³-hybridized carbons (Fsp3) is 0.800. The molecule has 1 aliphatic heterocycles. The van der Waals surface area contributed by atoms with Crippen molar-refractivity contribution in [2.24, 2.45) is 17.6 Å². The first-order valence-corrected chi connectivity index (χ1v) is 5.31. The Balaban J connectivity index is 2.42. The Labute approximate surface area is 89.8 Å². The molecule has 1 rings (SSSR count). The normalized spacial score (nSPS) is 28.1. The van der Waals surface area contributed by atoms with Gasteiger partial charge >= 0.3 is 0 Å². The zero-order chi connectivity index (χ0) is 11.4. The fourth-order valence-corrected chi connectivity index (χ4v) is 1.76. The summed E-state index contributed by atoms with van der Waals surface area (Å²) in [6.07, 6.45) is 0.865. The molecule has 1 fully saturated rings. The number of amides is 2. The molecule has 3 unspecified atom stereocenters. The SMILES string of the molecule is CC1CNCC(C(=O)NC(C)C(N)=O)C1. The van der Waals surface area contributed by atoms with Crippen LogP contribution < -0.4 is 16.4 Å². The van der Waals surface area contributed by atoms with E-state index in [0.717, 1.165) is 13.0 Å². The number of nitrogens with one attached hydrogen (secondary N) is 2. The Morgan fingerprint density at radius 3 is 2.67 bits per heavy atom. The molecule has 0 aromatic carbocycles. The quantitative estimate of drug-likeness (QED) is 0.575. The summed E-state index contributed by atoms with van der Waals surface area (Å²) in [5, 5.41) is 5.81. The molecule has 1 heterocycles. The standard InChI is InChI=1S/C10H19N3O2/c1-6-3-8(5-12-4-6)10(15)13-7(2)9(11)14/h6-8,12H,3-5H2,1-2H3,(H2,11,14)(H,13,15). The lowest BCUT2D eigenvalue weighted by atomic mass is 9.91. The molecule has 0 saturated carbocycles. The largest absolute Gasteiger partial charge is 0.368 e. The van der Waals surface area contributed by atoms with Crippen LogP contribution in [0.25, 0.3) is 0 Å². The predicted octanol–water partition coefficient (Wildman–Crippen LogP) is -0.778. The molecule has 86 valence electrons. The molecule has 2 amide bonds. The molecule has 0 radical (unpaired) electrons. The van der Waals surface area contributed by atoms with Gasteiger partial charge in [-0.3, -0.25) is 9.59 Å². The number of hydrogen-bond acceptors (Lipinski definition) is 3. The van der Waals surface area contributed by atoms with Gasteiger partial charge < -0.3 is 16.4 Å². The minimum Gasteiger partial charge on any atom is -0.368 e. The van der Waals surface area contributed by atoms with Crippen LogP contribution in [0.5, 0.6) is 0 Å². The second-order valence-corrected chi connectivity index (χ2v) is 4.33. The minimum atomic E-state index is -0.588. The van der Waals surface area contributed by atoms with Crippen LogP contribution in [-0.2, 0) is 9.59 Å². The molecule has 3 atom stereocenters.